The number of fused-ring (bicyclic) bond motifs is 3. The summed E-state index contributed by atoms with van der Waals surface area (Å²) in [5.41, 5.74) is 2.62. The van der Waals surface area contributed by atoms with Crippen LogP contribution in [0.15, 0.2) is 65.9 Å². The topological polar surface area (TPSA) is 71.0 Å². The van der Waals surface area contributed by atoms with E-state index in [0.717, 1.165) is 16.3 Å². The minimum Gasteiger partial charge on any atom is -0.353 e. The maximum atomic E-state index is 12.4. The minimum absolute atomic E-state index is 0.311. The van der Waals surface area contributed by atoms with Crippen LogP contribution in [0.1, 0.15) is 16.2 Å². The van der Waals surface area contributed by atoms with Crippen molar-refractivity contribution in [2.75, 3.05) is 0 Å². The summed E-state index contributed by atoms with van der Waals surface area (Å²) in [4.78, 5) is 27.9. The molecule has 3 aromatic heterocycles. The Labute approximate surface area is 131 Å². The molecule has 4 rings (SSSR count). The summed E-state index contributed by atoms with van der Waals surface area (Å²) in [7, 11) is 0. The van der Waals surface area contributed by atoms with Crippen LogP contribution in [0.5, 0.6) is 0 Å². The van der Waals surface area contributed by atoms with Crippen molar-refractivity contribution >= 4 is 33.9 Å². The average Bonchev–Trinajstić information content (AvgIpc) is 2.99. The Morgan fingerprint density at radius 2 is 1.83 bits per heavy atom. The second kappa shape index (κ2) is 5.46. The Balaban J connectivity index is 1.79. The van der Waals surface area contributed by atoms with Crippen molar-refractivity contribution in [1.29, 1.82) is 0 Å². The number of aliphatic imine (C=N–C) groups is 1. The minimum atomic E-state index is -0.396. The lowest BCUT2D eigenvalue weighted by Crippen LogP contribution is -2.01. The predicted octanol–water partition coefficient (Wildman–Crippen LogP) is 3.37. The van der Waals surface area contributed by atoms with E-state index in [9.17, 15) is 4.79 Å². The van der Waals surface area contributed by atoms with E-state index in [4.69, 9.17) is 0 Å². The summed E-state index contributed by atoms with van der Waals surface area (Å²) in [6, 6.07) is 15.2. The van der Waals surface area contributed by atoms with Crippen LogP contribution in [0.2, 0.25) is 0 Å². The van der Waals surface area contributed by atoms with E-state index >= 15 is 0 Å². The van der Waals surface area contributed by atoms with E-state index in [0.29, 0.717) is 16.9 Å². The molecular formula is C18H12N4O. The van der Waals surface area contributed by atoms with Crippen LogP contribution in [-0.2, 0) is 0 Å². The fraction of sp³-hybridized carbons (Fsp3) is 0. The van der Waals surface area contributed by atoms with Crippen molar-refractivity contribution in [3.8, 4) is 0 Å². The number of aromatic nitrogens is 3. The molecule has 5 heteroatoms. The van der Waals surface area contributed by atoms with Gasteiger partial charge < -0.3 is 4.98 Å². The summed E-state index contributed by atoms with van der Waals surface area (Å²) in [6.07, 6.45) is 4.74. The van der Waals surface area contributed by atoms with Crippen LogP contribution < -0.4 is 0 Å². The summed E-state index contributed by atoms with van der Waals surface area (Å²) in [6.45, 7) is 0. The van der Waals surface area contributed by atoms with E-state index in [-0.39, 0.29) is 0 Å². The maximum Gasteiger partial charge on any atom is 0.297 e. The molecule has 0 unspecified atom stereocenters. The first-order chi connectivity index (χ1) is 11.3. The number of benzene rings is 1. The number of hydrogen-bond acceptors (Lipinski definition) is 3. The Kier molecular flexibility index (Phi) is 3.16. The van der Waals surface area contributed by atoms with Gasteiger partial charge in [0.1, 0.15) is 0 Å². The number of rotatable bonds is 2. The number of para-hydroxylation sites is 1. The standard InChI is InChI=1S/C18H12N4O/c23-18(21-11-12-5-3-4-9-19-12)17-16-14(8-10-20-17)13-6-1-2-7-15(13)22-16/h1-11,22H. The van der Waals surface area contributed by atoms with E-state index in [1.165, 1.54) is 6.21 Å². The highest BCUT2D eigenvalue weighted by molar-refractivity contribution is 6.15. The van der Waals surface area contributed by atoms with Gasteiger partial charge in [-0.05, 0) is 24.3 Å². The number of amides is 1. The number of aromatic amines is 1. The molecule has 3 heterocycles. The second-order valence-electron chi connectivity index (χ2n) is 5.07. The Bertz CT molecular complexity index is 1030. The van der Waals surface area contributed by atoms with Crippen molar-refractivity contribution in [3.05, 3.63) is 72.3 Å². The first-order valence-electron chi connectivity index (χ1n) is 7.18. The van der Waals surface area contributed by atoms with E-state index in [1.807, 2.05) is 42.5 Å². The van der Waals surface area contributed by atoms with Gasteiger partial charge in [-0.1, -0.05) is 24.3 Å². The fourth-order valence-electron chi connectivity index (χ4n) is 2.57. The van der Waals surface area contributed by atoms with Crippen LogP contribution in [0, 0.1) is 0 Å². The van der Waals surface area contributed by atoms with Crippen LogP contribution in [0.4, 0.5) is 0 Å². The zero-order valence-corrected chi connectivity index (χ0v) is 12.1. The van der Waals surface area contributed by atoms with Gasteiger partial charge in [-0.25, -0.2) is 9.98 Å². The molecule has 0 bridgehead atoms. The van der Waals surface area contributed by atoms with E-state index in [1.54, 1.807) is 18.5 Å². The van der Waals surface area contributed by atoms with Crippen molar-refractivity contribution in [2.45, 2.75) is 0 Å². The molecule has 1 aromatic carbocycles. The zero-order valence-electron chi connectivity index (χ0n) is 12.1. The van der Waals surface area contributed by atoms with Gasteiger partial charge in [0.2, 0.25) is 0 Å². The number of nitrogens with one attached hydrogen (secondary N) is 1. The van der Waals surface area contributed by atoms with Crippen LogP contribution in [0.25, 0.3) is 21.8 Å². The van der Waals surface area contributed by atoms with Gasteiger partial charge in [0, 0.05) is 28.7 Å². The molecular weight excluding hydrogens is 288 g/mol. The monoisotopic (exact) mass is 300 g/mol. The van der Waals surface area contributed by atoms with Gasteiger partial charge in [-0.15, -0.1) is 0 Å². The highest BCUT2D eigenvalue weighted by Gasteiger charge is 2.14. The highest BCUT2D eigenvalue weighted by atomic mass is 16.1. The predicted molar refractivity (Wildman–Crippen MR) is 89.8 cm³/mol. The Morgan fingerprint density at radius 1 is 0.957 bits per heavy atom. The molecule has 0 fully saturated rings. The number of carbonyl (C=O) groups excluding carboxylic acids is 1. The lowest BCUT2D eigenvalue weighted by Gasteiger charge is -1.97. The molecule has 4 aromatic rings. The normalized spacial score (nSPS) is 11.5. The number of hydrogen-bond donors (Lipinski definition) is 1. The fourth-order valence-corrected chi connectivity index (χ4v) is 2.57. The van der Waals surface area contributed by atoms with Crippen LogP contribution >= 0.6 is 0 Å². The first-order valence-corrected chi connectivity index (χ1v) is 7.18. The van der Waals surface area contributed by atoms with Crippen molar-refractivity contribution in [3.63, 3.8) is 0 Å². The number of pyridine rings is 2. The van der Waals surface area contributed by atoms with Gasteiger partial charge >= 0.3 is 0 Å². The number of H-pyrrole nitrogens is 1. The van der Waals surface area contributed by atoms with Crippen LogP contribution in [-0.4, -0.2) is 27.1 Å². The van der Waals surface area contributed by atoms with Crippen molar-refractivity contribution in [2.24, 2.45) is 4.99 Å². The summed E-state index contributed by atoms with van der Waals surface area (Å²) in [5, 5.41) is 2.03. The van der Waals surface area contributed by atoms with Crippen LogP contribution in [0.3, 0.4) is 0 Å². The Morgan fingerprint density at radius 3 is 2.70 bits per heavy atom. The molecule has 1 N–H and O–H groups in total. The van der Waals surface area contributed by atoms with E-state index < -0.39 is 5.91 Å². The van der Waals surface area contributed by atoms with Gasteiger partial charge in [-0.3, -0.25) is 9.78 Å². The molecule has 110 valence electrons. The quantitative estimate of drug-likeness (QED) is 0.577. The third-order valence-electron chi connectivity index (χ3n) is 3.63. The molecule has 0 spiro atoms. The smallest absolute Gasteiger partial charge is 0.297 e. The Hall–Kier alpha value is -3.34. The van der Waals surface area contributed by atoms with Crippen molar-refractivity contribution in [1.82, 2.24) is 15.0 Å². The molecule has 5 nitrogen and oxygen atoms in total. The molecule has 0 saturated carbocycles. The van der Waals surface area contributed by atoms with E-state index in [2.05, 4.69) is 19.9 Å². The third-order valence-corrected chi connectivity index (χ3v) is 3.63. The molecule has 0 aliphatic rings. The van der Waals surface area contributed by atoms with Gasteiger partial charge in [0.05, 0.1) is 17.4 Å². The van der Waals surface area contributed by atoms with Gasteiger partial charge in [-0.2, -0.15) is 0 Å². The summed E-state index contributed by atoms with van der Waals surface area (Å²) >= 11 is 0. The number of carbonyl (C=O) groups is 1. The third kappa shape index (κ3) is 2.38. The van der Waals surface area contributed by atoms with Gasteiger partial charge in [0.25, 0.3) is 5.91 Å². The summed E-state index contributed by atoms with van der Waals surface area (Å²) in [5.74, 6) is -0.396. The van der Waals surface area contributed by atoms with Crippen molar-refractivity contribution < 1.29 is 4.79 Å². The molecule has 0 aliphatic carbocycles. The van der Waals surface area contributed by atoms with Gasteiger partial charge in [0.15, 0.2) is 5.69 Å². The highest BCUT2D eigenvalue weighted by Crippen LogP contribution is 2.26. The maximum absolute atomic E-state index is 12.4. The molecule has 1 amide bonds. The first kappa shape index (κ1) is 13.3. The lowest BCUT2D eigenvalue weighted by molar-refractivity contribution is 0.100. The lowest BCUT2D eigenvalue weighted by atomic mass is 10.1. The molecule has 0 aliphatic heterocycles. The zero-order chi connectivity index (χ0) is 15.6. The molecule has 23 heavy (non-hydrogen) atoms. The summed E-state index contributed by atoms with van der Waals surface area (Å²) < 4.78 is 0. The number of nitrogens with zero attached hydrogens (tertiary/aromatic N) is 3. The second-order valence-corrected chi connectivity index (χ2v) is 5.07. The molecule has 0 saturated heterocycles. The SMILES string of the molecule is O=C(N=Cc1ccccn1)c1nccc2c1[nH]c1ccccc12. The average molecular weight is 300 g/mol. The largest absolute Gasteiger partial charge is 0.353 e. The molecule has 0 radical (unpaired) electrons. The molecule has 0 atom stereocenters.